The van der Waals surface area contributed by atoms with Gasteiger partial charge in [0.15, 0.2) is 0 Å². The molecule has 2 aromatic carbocycles. The lowest BCUT2D eigenvalue weighted by molar-refractivity contribution is -0.124. The molecule has 2 aliphatic carbocycles. The van der Waals surface area contributed by atoms with Gasteiger partial charge in [-0.25, -0.2) is 4.79 Å². The first-order chi connectivity index (χ1) is 21.2. The summed E-state index contributed by atoms with van der Waals surface area (Å²) in [5, 5.41) is 18.4. The summed E-state index contributed by atoms with van der Waals surface area (Å²) in [7, 11) is 1.73. The number of ether oxygens (including phenoxy) is 1. The number of hydrogen-bond donors (Lipinski definition) is 5. The van der Waals surface area contributed by atoms with E-state index in [2.05, 4.69) is 20.6 Å². The molecule has 3 aromatic rings. The van der Waals surface area contributed by atoms with Gasteiger partial charge in [0.25, 0.3) is 5.91 Å². The van der Waals surface area contributed by atoms with Gasteiger partial charge in [0, 0.05) is 29.6 Å². The monoisotopic (exact) mass is 617 g/mol. The number of anilines is 1. The Morgan fingerprint density at radius 1 is 1.09 bits per heavy atom. The molecule has 2 saturated carbocycles. The van der Waals surface area contributed by atoms with Crippen LogP contribution in [0.25, 0.3) is 16.6 Å². The van der Waals surface area contributed by atoms with Crippen molar-refractivity contribution in [2.45, 2.75) is 75.3 Å². The summed E-state index contributed by atoms with van der Waals surface area (Å²) in [4.78, 5) is 46.7. The minimum absolute atomic E-state index is 0.210. The number of methoxy groups -OCH3 is 1. The molecule has 7 rings (SSSR count). The average Bonchev–Trinajstić information content (AvgIpc) is 3.65. The highest BCUT2D eigenvalue weighted by molar-refractivity contribution is 6.31. The molecule has 1 spiro atoms. The second-order valence-electron chi connectivity index (χ2n) is 12.7. The Morgan fingerprint density at radius 2 is 1.86 bits per heavy atom. The van der Waals surface area contributed by atoms with Crippen molar-refractivity contribution in [1.82, 2.24) is 20.2 Å². The summed E-state index contributed by atoms with van der Waals surface area (Å²) in [5.41, 5.74) is 4.02. The van der Waals surface area contributed by atoms with Crippen molar-refractivity contribution in [2.75, 3.05) is 12.4 Å². The Bertz CT molecular complexity index is 1750. The summed E-state index contributed by atoms with van der Waals surface area (Å²) < 4.78 is 5.56. The van der Waals surface area contributed by atoms with Crippen LogP contribution in [0.15, 0.2) is 59.0 Å². The number of aliphatic hydroxyl groups is 1. The molecule has 0 bridgehead atoms. The minimum Gasteiger partial charge on any atom is -0.381 e. The highest BCUT2D eigenvalue weighted by atomic mass is 35.5. The lowest BCUT2D eigenvalue weighted by atomic mass is 9.82. The van der Waals surface area contributed by atoms with Gasteiger partial charge in [-0.3, -0.25) is 9.59 Å². The molecular weight excluding hydrogens is 582 g/mol. The quantitative estimate of drug-likeness (QED) is 0.281. The predicted octanol–water partition coefficient (Wildman–Crippen LogP) is 4.22. The van der Waals surface area contributed by atoms with Crippen molar-refractivity contribution in [2.24, 2.45) is 5.92 Å². The van der Waals surface area contributed by atoms with E-state index in [4.69, 9.17) is 16.3 Å². The Balaban J connectivity index is 1.24. The van der Waals surface area contributed by atoms with Crippen LogP contribution in [-0.2, 0) is 20.7 Å². The molecule has 44 heavy (non-hydrogen) atoms. The third kappa shape index (κ3) is 5.58. The van der Waals surface area contributed by atoms with E-state index < -0.39 is 12.3 Å². The fourth-order valence-electron chi connectivity index (χ4n) is 7.05. The van der Waals surface area contributed by atoms with Gasteiger partial charge >= 0.3 is 5.69 Å². The van der Waals surface area contributed by atoms with Crippen LogP contribution in [0.4, 0.5) is 5.69 Å². The molecule has 2 aliphatic heterocycles. The van der Waals surface area contributed by atoms with E-state index in [-0.39, 0.29) is 35.1 Å². The van der Waals surface area contributed by atoms with Gasteiger partial charge in [-0.2, -0.15) is 0 Å². The predicted molar refractivity (Wildman–Crippen MR) is 168 cm³/mol. The molecule has 3 heterocycles. The number of amides is 2. The molecule has 1 aromatic heterocycles. The maximum atomic E-state index is 14.1. The maximum Gasteiger partial charge on any atom is 0.323 e. The van der Waals surface area contributed by atoms with Gasteiger partial charge in [-0.05, 0) is 110 Å². The van der Waals surface area contributed by atoms with Gasteiger partial charge < -0.3 is 35.3 Å². The van der Waals surface area contributed by atoms with E-state index in [9.17, 15) is 19.5 Å². The number of nitrogens with zero attached hydrogens (tertiary/aromatic N) is 1. The second kappa shape index (κ2) is 11.3. The number of aliphatic hydroxyl groups excluding tert-OH is 1. The van der Waals surface area contributed by atoms with Crippen LogP contribution in [0, 0.1) is 5.92 Å². The number of H-pyrrole nitrogens is 2. The van der Waals surface area contributed by atoms with Crippen LogP contribution < -0.4 is 16.3 Å². The van der Waals surface area contributed by atoms with Crippen molar-refractivity contribution < 1.29 is 19.4 Å². The molecule has 230 valence electrons. The Labute approximate surface area is 259 Å². The van der Waals surface area contributed by atoms with Crippen molar-refractivity contribution in [3.05, 3.63) is 80.9 Å². The van der Waals surface area contributed by atoms with Crippen molar-refractivity contribution in [3.8, 4) is 0 Å². The largest absolute Gasteiger partial charge is 0.381 e. The molecule has 2 amide bonds. The van der Waals surface area contributed by atoms with Crippen LogP contribution in [0.1, 0.15) is 56.1 Å². The Kier molecular flexibility index (Phi) is 7.39. The van der Waals surface area contributed by atoms with Crippen molar-refractivity contribution >= 4 is 45.7 Å². The first kappa shape index (κ1) is 28.9. The van der Waals surface area contributed by atoms with Crippen molar-refractivity contribution in [1.29, 1.82) is 0 Å². The van der Waals surface area contributed by atoms with E-state index in [1.54, 1.807) is 42.5 Å². The number of halogens is 1. The number of carbonyl (C=O) groups excluding carboxylic acids is 2. The third-order valence-corrected chi connectivity index (χ3v) is 9.92. The zero-order valence-electron chi connectivity index (χ0n) is 24.5. The summed E-state index contributed by atoms with van der Waals surface area (Å²) in [5.74, 6) is -0.299. The molecular formula is C33H36ClN5O5. The molecule has 0 saturated heterocycles. The minimum atomic E-state index is -1.16. The van der Waals surface area contributed by atoms with Gasteiger partial charge in [0.1, 0.15) is 12.3 Å². The number of aromatic amines is 2. The highest BCUT2D eigenvalue weighted by Gasteiger charge is 2.47. The summed E-state index contributed by atoms with van der Waals surface area (Å²) in [6.45, 7) is 0. The van der Waals surface area contributed by atoms with Crippen molar-refractivity contribution in [3.63, 3.8) is 0 Å². The zero-order valence-corrected chi connectivity index (χ0v) is 25.2. The van der Waals surface area contributed by atoms with E-state index in [1.807, 2.05) is 18.2 Å². The molecule has 0 radical (unpaired) electrons. The first-order valence-corrected chi connectivity index (χ1v) is 15.6. The maximum absolute atomic E-state index is 14.1. The standard InChI is InChI=1S/C33H36ClN5O5/c1-44-22-7-2-18(3-8-22)12-28(31(42)35-21-6-9-26-27(14-21)37-32(43)36-26)39-17-25-24(15-29(39)40)23-13-20(34)5-4-19(23)16-33(10-11-33)38-30(25)41/h4-6,9,13-15,17-18,22,28-29,40H,2-3,7-8,10-12,16H2,1H3,(H,35,42)(H,38,41)(H2,36,37,43). The van der Waals surface area contributed by atoms with E-state index in [1.165, 1.54) is 0 Å². The second-order valence-corrected chi connectivity index (χ2v) is 13.1. The molecule has 5 N–H and O–H groups in total. The molecule has 11 heteroatoms. The fourth-order valence-corrected chi connectivity index (χ4v) is 7.22. The topological polar surface area (TPSA) is 140 Å². The zero-order chi connectivity index (χ0) is 30.6. The highest BCUT2D eigenvalue weighted by Crippen LogP contribution is 2.45. The lowest BCUT2D eigenvalue weighted by Gasteiger charge is -2.39. The van der Waals surface area contributed by atoms with Crippen LogP contribution in [0.2, 0.25) is 5.02 Å². The van der Waals surface area contributed by atoms with Gasteiger partial charge in [-0.1, -0.05) is 17.7 Å². The number of aromatic nitrogens is 2. The normalized spacial score (nSPS) is 24.8. The van der Waals surface area contributed by atoms with E-state index >= 15 is 0 Å². The number of imidazole rings is 1. The lowest BCUT2D eigenvalue weighted by Crippen LogP contribution is -2.50. The molecule has 2 unspecified atom stereocenters. The molecule has 4 aliphatic rings. The molecule has 2 fully saturated rings. The summed E-state index contributed by atoms with van der Waals surface area (Å²) in [6.07, 6.45) is 8.95. The Morgan fingerprint density at radius 3 is 2.61 bits per heavy atom. The van der Waals surface area contributed by atoms with E-state index in [0.29, 0.717) is 45.7 Å². The SMILES string of the molecule is COC1CCC(CC(C(=O)Nc2ccc3[nH]c(=O)[nH]c3c2)N2C=C3C(=O)NC4(CC4)Cc4ccc(Cl)cc4C3=CC2O)CC1. The summed E-state index contributed by atoms with van der Waals surface area (Å²) in [6, 6.07) is 10.1. The summed E-state index contributed by atoms with van der Waals surface area (Å²) >= 11 is 6.42. The number of hydrogen-bond acceptors (Lipinski definition) is 6. The fraction of sp³-hybridized carbons (Fsp3) is 0.424. The van der Waals surface area contributed by atoms with Crippen LogP contribution in [-0.4, -0.2) is 62.8 Å². The average molecular weight is 618 g/mol. The number of benzene rings is 2. The molecule has 2 atom stereocenters. The van der Waals surface area contributed by atoms with Gasteiger partial charge in [0.2, 0.25) is 5.91 Å². The van der Waals surface area contributed by atoms with Crippen LogP contribution >= 0.6 is 11.6 Å². The van der Waals surface area contributed by atoms with Crippen LogP contribution in [0.5, 0.6) is 0 Å². The third-order valence-electron chi connectivity index (χ3n) is 9.69. The van der Waals surface area contributed by atoms with Crippen LogP contribution in [0.3, 0.4) is 0 Å². The molecule has 10 nitrogen and oxygen atoms in total. The smallest absolute Gasteiger partial charge is 0.323 e. The Hall–Kier alpha value is -3.86. The van der Waals surface area contributed by atoms with Gasteiger partial charge in [0.05, 0.1) is 22.7 Å². The van der Waals surface area contributed by atoms with Gasteiger partial charge in [-0.15, -0.1) is 0 Å². The first-order valence-electron chi connectivity index (χ1n) is 15.3. The number of nitrogens with one attached hydrogen (secondary N) is 4. The van der Waals surface area contributed by atoms with E-state index in [0.717, 1.165) is 49.7 Å². The number of fused-ring (bicyclic) bond motifs is 4. The number of carbonyl (C=O) groups is 2. The number of rotatable bonds is 6.